The number of pyridine rings is 1. The topological polar surface area (TPSA) is 66.5 Å². The molecule has 0 spiro atoms. The summed E-state index contributed by atoms with van der Waals surface area (Å²) in [6.07, 6.45) is 5.59. The minimum absolute atomic E-state index is 0.0384. The van der Waals surface area contributed by atoms with Gasteiger partial charge < -0.3 is 20.3 Å². The van der Waals surface area contributed by atoms with Crippen LogP contribution in [0.4, 0.5) is 5.82 Å². The van der Waals surface area contributed by atoms with Crippen molar-refractivity contribution in [1.29, 1.82) is 0 Å². The molecule has 0 unspecified atom stereocenters. The molecule has 1 amide bonds. The number of fused-ring (bicyclic) bond motifs is 1. The van der Waals surface area contributed by atoms with E-state index in [9.17, 15) is 4.79 Å². The molecule has 3 rings (SSSR count). The van der Waals surface area contributed by atoms with Gasteiger partial charge in [0.25, 0.3) is 0 Å². The second-order valence-electron chi connectivity index (χ2n) is 7.46. The van der Waals surface area contributed by atoms with E-state index in [2.05, 4.69) is 56.7 Å². The lowest BCUT2D eigenvalue weighted by Crippen LogP contribution is -2.38. The van der Waals surface area contributed by atoms with Gasteiger partial charge in [-0.3, -0.25) is 4.79 Å². The summed E-state index contributed by atoms with van der Waals surface area (Å²) in [6.45, 7) is 10.1. The van der Waals surface area contributed by atoms with Crippen LogP contribution in [0.25, 0.3) is 0 Å². The van der Waals surface area contributed by atoms with Gasteiger partial charge in [-0.25, -0.2) is 4.98 Å². The molecule has 1 aliphatic carbocycles. The summed E-state index contributed by atoms with van der Waals surface area (Å²) >= 11 is 3.37. The van der Waals surface area contributed by atoms with Crippen molar-refractivity contribution in [3.05, 3.63) is 47.6 Å². The van der Waals surface area contributed by atoms with Gasteiger partial charge in [0.2, 0.25) is 5.91 Å². The molecular weight excluding hydrogens is 408 g/mol. The summed E-state index contributed by atoms with van der Waals surface area (Å²) in [5.41, 5.74) is 1.05. The first-order valence-electron chi connectivity index (χ1n) is 9.18. The van der Waals surface area contributed by atoms with Crippen LogP contribution in [-0.4, -0.2) is 54.6 Å². The molecule has 146 valence electrons. The smallest absolute Gasteiger partial charge is 0.242 e. The Balaban J connectivity index is 1.61. The number of carbonyl (C=O) groups is 1. The van der Waals surface area contributed by atoms with Gasteiger partial charge in [-0.15, -0.1) is 13.2 Å². The Morgan fingerprint density at radius 2 is 2.30 bits per heavy atom. The number of rotatable bonds is 10. The fourth-order valence-corrected chi connectivity index (χ4v) is 4.20. The largest absolute Gasteiger partial charge is 0.373 e. The van der Waals surface area contributed by atoms with Crippen molar-refractivity contribution in [3.8, 4) is 0 Å². The number of piperidine rings is 1. The number of aromatic nitrogens is 1. The fraction of sp³-hybridized carbons (Fsp3) is 0.500. The van der Waals surface area contributed by atoms with Crippen molar-refractivity contribution in [1.82, 2.24) is 15.2 Å². The molecule has 2 heterocycles. The molecule has 1 saturated carbocycles. The SMILES string of the molecule is C=CCOCc1ccc(Br)nc1NC(=O)[C@@H]1C[C@@]2(CN(C)CC=C)C[C@H]2N1. The highest BCUT2D eigenvalue weighted by Crippen LogP contribution is 2.54. The normalized spacial score (nSPS) is 25.9. The lowest BCUT2D eigenvalue weighted by Gasteiger charge is -2.22. The second kappa shape index (κ2) is 8.65. The molecule has 1 aromatic heterocycles. The maximum absolute atomic E-state index is 12.8. The fourth-order valence-electron chi connectivity index (χ4n) is 3.89. The summed E-state index contributed by atoms with van der Waals surface area (Å²) in [5, 5.41) is 6.45. The molecule has 2 aliphatic rings. The quantitative estimate of drug-likeness (QED) is 0.336. The van der Waals surface area contributed by atoms with Crippen molar-refractivity contribution in [2.45, 2.75) is 31.5 Å². The zero-order chi connectivity index (χ0) is 19.4. The van der Waals surface area contributed by atoms with E-state index in [1.165, 1.54) is 0 Å². The number of likely N-dealkylation sites (N-methyl/N-ethyl adjacent to an activating group) is 1. The molecule has 0 bridgehead atoms. The van der Waals surface area contributed by atoms with E-state index in [4.69, 9.17) is 4.74 Å². The summed E-state index contributed by atoms with van der Waals surface area (Å²) in [6, 6.07) is 3.98. The zero-order valence-electron chi connectivity index (χ0n) is 15.7. The van der Waals surface area contributed by atoms with Crippen LogP contribution >= 0.6 is 15.9 Å². The highest BCUT2D eigenvalue weighted by Gasteiger charge is 2.61. The Morgan fingerprint density at radius 3 is 3.04 bits per heavy atom. The first-order chi connectivity index (χ1) is 13.0. The van der Waals surface area contributed by atoms with Crippen molar-refractivity contribution in [2.75, 3.05) is 32.1 Å². The van der Waals surface area contributed by atoms with Crippen molar-refractivity contribution in [2.24, 2.45) is 5.41 Å². The highest BCUT2D eigenvalue weighted by molar-refractivity contribution is 9.10. The number of nitrogens with one attached hydrogen (secondary N) is 2. The van der Waals surface area contributed by atoms with E-state index < -0.39 is 0 Å². The van der Waals surface area contributed by atoms with E-state index in [-0.39, 0.29) is 17.4 Å². The van der Waals surface area contributed by atoms with E-state index in [1.54, 1.807) is 6.08 Å². The Bertz CT molecular complexity index is 726. The highest BCUT2D eigenvalue weighted by atomic mass is 79.9. The summed E-state index contributed by atoms with van der Waals surface area (Å²) in [7, 11) is 2.10. The molecule has 1 saturated heterocycles. The predicted molar refractivity (Wildman–Crippen MR) is 110 cm³/mol. The average molecular weight is 435 g/mol. The van der Waals surface area contributed by atoms with Gasteiger partial charge in [-0.1, -0.05) is 18.2 Å². The van der Waals surface area contributed by atoms with Crippen LogP contribution in [0, 0.1) is 5.41 Å². The number of hydrogen-bond acceptors (Lipinski definition) is 5. The second-order valence-corrected chi connectivity index (χ2v) is 8.28. The Kier molecular flexibility index (Phi) is 6.47. The van der Waals surface area contributed by atoms with E-state index >= 15 is 0 Å². The van der Waals surface area contributed by atoms with E-state index in [0.29, 0.717) is 29.7 Å². The van der Waals surface area contributed by atoms with Crippen LogP contribution in [0.2, 0.25) is 0 Å². The third-order valence-corrected chi connectivity index (χ3v) is 5.67. The molecule has 7 heteroatoms. The van der Waals surface area contributed by atoms with Gasteiger partial charge in [0, 0.05) is 30.1 Å². The standard InChI is InChI=1S/C20H27BrN4O2/c1-4-8-25(3)13-20-10-15(22-16(20)11-20)19(26)24-18-14(12-27-9-5-2)6-7-17(21)23-18/h4-7,15-16,22H,1-2,8-13H2,3H3,(H,23,24,26)/t15-,16+,20-/m0/s1. The van der Waals surface area contributed by atoms with Gasteiger partial charge in [-0.05, 0) is 41.9 Å². The van der Waals surface area contributed by atoms with Crippen LogP contribution < -0.4 is 10.6 Å². The third-order valence-electron chi connectivity index (χ3n) is 5.22. The van der Waals surface area contributed by atoms with Gasteiger partial charge in [0.05, 0.1) is 19.3 Å². The molecule has 2 N–H and O–H groups in total. The number of amides is 1. The first kappa shape index (κ1) is 20.2. The monoisotopic (exact) mass is 434 g/mol. The van der Waals surface area contributed by atoms with Crippen LogP contribution in [0.3, 0.4) is 0 Å². The first-order valence-corrected chi connectivity index (χ1v) is 9.97. The molecular formula is C20H27BrN4O2. The van der Waals surface area contributed by atoms with Crippen LogP contribution in [-0.2, 0) is 16.1 Å². The number of nitrogens with zero attached hydrogens (tertiary/aromatic N) is 2. The van der Waals surface area contributed by atoms with Crippen LogP contribution in [0.15, 0.2) is 42.0 Å². The predicted octanol–water partition coefficient (Wildman–Crippen LogP) is 2.72. The van der Waals surface area contributed by atoms with Gasteiger partial charge in [0.15, 0.2) is 0 Å². The number of ether oxygens (including phenoxy) is 1. The van der Waals surface area contributed by atoms with Crippen molar-refractivity contribution >= 4 is 27.7 Å². The molecule has 0 radical (unpaired) electrons. The van der Waals surface area contributed by atoms with Gasteiger partial charge in [0.1, 0.15) is 10.4 Å². The van der Waals surface area contributed by atoms with Gasteiger partial charge in [-0.2, -0.15) is 0 Å². The van der Waals surface area contributed by atoms with E-state index in [1.807, 2.05) is 18.2 Å². The van der Waals surface area contributed by atoms with E-state index in [0.717, 1.165) is 31.5 Å². The summed E-state index contributed by atoms with van der Waals surface area (Å²) in [5.74, 6) is 0.502. The number of anilines is 1. The van der Waals surface area contributed by atoms with Crippen molar-refractivity contribution in [3.63, 3.8) is 0 Å². The Labute approximate surface area is 169 Å². The summed E-state index contributed by atoms with van der Waals surface area (Å²) < 4.78 is 6.19. The zero-order valence-corrected chi connectivity index (χ0v) is 17.3. The van der Waals surface area contributed by atoms with Crippen molar-refractivity contribution < 1.29 is 9.53 Å². The maximum Gasteiger partial charge on any atom is 0.242 e. The number of hydrogen-bond donors (Lipinski definition) is 2. The average Bonchev–Trinajstić information content (AvgIpc) is 3.16. The molecule has 6 nitrogen and oxygen atoms in total. The van der Waals surface area contributed by atoms with Crippen LogP contribution in [0.1, 0.15) is 18.4 Å². The molecule has 27 heavy (non-hydrogen) atoms. The van der Waals surface area contributed by atoms with Gasteiger partial charge >= 0.3 is 0 Å². The Hall–Kier alpha value is -1.54. The molecule has 1 aromatic rings. The maximum atomic E-state index is 12.8. The lowest BCUT2D eigenvalue weighted by molar-refractivity contribution is -0.118. The number of carbonyl (C=O) groups excluding carboxylic acids is 1. The number of halogens is 1. The third kappa shape index (κ3) is 4.85. The molecule has 3 atom stereocenters. The lowest BCUT2D eigenvalue weighted by atomic mass is 9.98. The summed E-state index contributed by atoms with van der Waals surface area (Å²) in [4.78, 5) is 19.5. The minimum Gasteiger partial charge on any atom is -0.373 e. The molecule has 0 aromatic carbocycles. The molecule has 2 fully saturated rings. The van der Waals surface area contributed by atoms with Crippen LogP contribution in [0.5, 0.6) is 0 Å². The molecule has 1 aliphatic heterocycles. The minimum atomic E-state index is -0.191. The Morgan fingerprint density at radius 1 is 1.48 bits per heavy atom.